The van der Waals surface area contributed by atoms with Crippen LogP contribution in [0.1, 0.15) is 45.2 Å². The number of rotatable bonds is 12. The Hall–Kier alpha value is -4.63. The Labute approximate surface area is 266 Å². The van der Waals surface area contributed by atoms with Gasteiger partial charge < -0.3 is 15.0 Å². The van der Waals surface area contributed by atoms with Gasteiger partial charge in [-0.3, -0.25) is 13.9 Å². The molecule has 0 aliphatic carbocycles. The average molecular weight is 628 g/mol. The second-order valence-electron chi connectivity index (χ2n) is 11.8. The van der Waals surface area contributed by atoms with Gasteiger partial charge >= 0.3 is 0 Å². The van der Waals surface area contributed by atoms with Crippen LogP contribution in [0.25, 0.3) is 0 Å². The molecule has 4 aromatic rings. The predicted octanol–water partition coefficient (Wildman–Crippen LogP) is 6.70. The molecule has 0 fully saturated rings. The lowest BCUT2D eigenvalue weighted by molar-refractivity contribution is -0.141. The summed E-state index contributed by atoms with van der Waals surface area (Å²) in [5.74, 6) is 0.352. The summed E-state index contributed by atoms with van der Waals surface area (Å²) in [5.41, 5.74) is 1.60. The number of hydrogen-bond acceptors (Lipinski definition) is 5. The number of amides is 2. The van der Waals surface area contributed by atoms with Crippen LogP contribution in [-0.4, -0.2) is 43.3 Å². The van der Waals surface area contributed by atoms with E-state index < -0.39 is 34.1 Å². The first-order chi connectivity index (χ1) is 21.4. The van der Waals surface area contributed by atoms with E-state index in [0.29, 0.717) is 17.9 Å². The van der Waals surface area contributed by atoms with Crippen LogP contribution in [0.15, 0.2) is 114 Å². The number of nitrogens with one attached hydrogen (secondary N) is 1. The normalized spacial score (nSPS) is 12.2. The SMILES string of the molecule is CCC(C(=O)NC(C)(C)C)N(Cc1ccccc1C)C(=O)CN(c1ccc(Oc2ccccc2)cc1)S(=O)(=O)c1ccccc1. The molecule has 1 unspecified atom stereocenters. The second-order valence-corrected chi connectivity index (χ2v) is 13.7. The quantitative estimate of drug-likeness (QED) is 0.189. The smallest absolute Gasteiger partial charge is 0.264 e. The maximum absolute atomic E-state index is 14.3. The first-order valence-corrected chi connectivity index (χ1v) is 16.4. The lowest BCUT2D eigenvalue weighted by Gasteiger charge is -2.35. The Morgan fingerprint density at radius 1 is 0.800 bits per heavy atom. The number of carbonyl (C=O) groups is 2. The van der Waals surface area contributed by atoms with Crippen LogP contribution >= 0.6 is 0 Å². The van der Waals surface area contributed by atoms with Gasteiger partial charge in [0.2, 0.25) is 11.8 Å². The molecule has 236 valence electrons. The number of anilines is 1. The molecule has 45 heavy (non-hydrogen) atoms. The molecule has 2 amide bonds. The summed E-state index contributed by atoms with van der Waals surface area (Å²) >= 11 is 0. The molecule has 0 aliphatic rings. The van der Waals surface area contributed by atoms with Crippen molar-refractivity contribution in [2.45, 2.75) is 64.1 Å². The van der Waals surface area contributed by atoms with Crippen LogP contribution in [-0.2, 0) is 26.2 Å². The zero-order valence-electron chi connectivity index (χ0n) is 26.4. The topological polar surface area (TPSA) is 96.0 Å². The zero-order valence-corrected chi connectivity index (χ0v) is 27.3. The first-order valence-electron chi connectivity index (χ1n) is 15.0. The van der Waals surface area contributed by atoms with Crippen molar-refractivity contribution < 1.29 is 22.7 Å². The lowest BCUT2D eigenvalue weighted by Crippen LogP contribution is -2.55. The van der Waals surface area contributed by atoms with E-state index in [1.807, 2.05) is 89.2 Å². The third kappa shape index (κ3) is 8.73. The van der Waals surface area contributed by atoms with Crippen LogP contribution in [0.4, 0.5) is 5.69 Å². The van der Waals surface area contributed by atoms with Crippen molar-refractivity contribution in [3.63, 3.8) is 0 Å². The van der Waals surface area contributed by atoms with E-state index in [1.165, 1.54) is 17.0 Å². The Kier molecular flexibility index (Phi) is 10.7. The van der Waals surface area contributed by atoms with Crippen molar-refractivity contribution in [3.8, 4) is 11.5 Å². The van der Waals surface area contributed by atoms with Crippen LogP contribution in [0, 0.1) is 6.92 Å². The van der Waals surface area contributed by atoms with E-state index in [0.717, 1.165) is 15.4 Å². The van der Waals surface area contributed by atoms with Crippen molar-refractivity contribution in [3.05, 3.63) is 120 Å². The summed E-state index contributed by atoms with van der Waals surface area (Å²) in [4.78, 5) is 29.4. The first kappa shape index (κ1) is 33.3. The van der Waals surface area contributed by atoms with Gasteiger partial charge in [0.15, 0.2) is 0 Å². The van der Waals surface area contributed by atoms with Crippen LogP contribution in [0.3, 0.4) is 0 Å². The molecule has 0 heterocycles. The molecule has 0 aliphatic heterocycles. The Balaban J connectivity index is 1.73. The van der Waals surface area contributed by atoms with Crippen molar-refractivity contribution in [2.75, 3.05) is 10.8 Å². The largest absolute Gasteiger partial charge is 0.457 e. The summed E-state index contributed by atoms with van der Waals surface area (Å²) in [6.45, 7) is 9.06. The molecular formula is C36H41N3O5S. The molecule has 0 spiro atoms. The van der Waals surface area contributed by atoms with Gasteiger partial charge in [-0.25, -0.2) is 8.42 Å². The highest BCUT2D eigenvalue weighted by Gasteiger charge is 2.34. The molecule has 1 N–H and O–H groups in total. The number of hydrogen-bond donors (Lipinski definition) is 1. The summed E-state index contributed by atoms with van der Waals surface area (Å²) in [6.07, 6.45) is 0.344. The van der Waals surface area contributed by atoms with Gasteiger partial charge in [0.05, 0.1) is 10.6 Å². The van der Waals surface area contributed by atoms with Crippen molar-refractivity contribution >= 4 is 27.5 Å². The fourth-order valence-corrected chi connectivity index (χ4v) is 6.33. The predicted molar refractivity (Wildman–Crippen MR) is 178 cm³/mol. The highest BCUT2D eigenvalue weighted by molar-refractivity contribution is 7.92. The minimum atomic E-state index is -4.17. The fraction of sp³-hybridized carbons (Fsp3) is 0.278. The number of nitrogens with zero attached hydrogens (tertiary/aromatic N) is 2. The number of aryl methyl sites for hydroxylation is 1. The zero-order chi connectivity index (χ0) is 32.6. The van der Waals surface area contributed by atoms with Crippen LogP contribution in [0.5, 0.6) is 11.5 Å². The molecule has 1 atom stereocenters. The van der Waals surface area contributed by atoms with E-state index in [9.17, 15) is 18.0 Å². The monoisotopic (exact) mass is 627 g/mol. The minimum absolute atomic E-state index is 0.0467. The van der Waals surface area contributed by atoms with Crippen molar-refractivity contribution in [1.29, 1.82) is 0 Å². The summed E-state index contributed by atoms with van der Waals surface area (Å²) in [6, 6.07) is 30.6. The minimum Gasteiger partial charge on any atom is -0.457 e. The van der Waals surface area contributed by atoms with Gasteiger partial charge in [0, 0.05) is 12.1 Å². The Bertz CT molecular complexity index is 1690. The number of sulfonamides is 1. The average Bonchev–Trinajstić information content (AvgIpc) is 3.01. The molecule has 4 rings (SSSR count). The number of benzene rings is 4. The van der Waals surface area contributed by atoms with Gasteiger partial charge in [-0.1, -0.05) is 67.6 Å². The lowest BCUT2D eigenvalue weighted by atomic mass is 10.0. The molecule has 0 bridgehead atoms. The molecule has 0 radical (unpaired) electrons. The Morgan fingerprint density at radius 3 is 1.93 bits per heavy atom. The van der Waals surface area contributed by atoms with Crippen LogP contribution < -0.4 is 14.4 Å². The van der Waals surface area contributed by atoms with Gasteiger partial charge in [-0.05, 0) is 93.8 Å². The third-order valence-electron chi connectivity index (χ3n) is 7.20. The van der Waals surface area contributed by atoms with E-state index in [-0.39, 0.29) is 23.0 Å². The molecule has 0 saturated carbocycles. The van der Waals surface area contributed by atoms with Crippen molar-refractivity contribution in [2.24, 2.45) is 0 Å². The molecular weight excluding hydrogens is 586 g/mol. The summed E-state index contributed by atoms with van der Waals surface area (Å²) in [7, 11) is -4.17. The van der Waals surface area contributed by atoms with Crippen LogP contribution in [0.2, 0.25) is 0 Å². The molecule has 0 saturated heterocycles. The number of para-hydroxylation sites is 1. The van der Waals surface area contributed by atoms with Gasteiger partial charge in [0.1, 0.15) is 24.1 Å². The molecule has 0 aromatic heterocycles. The number of carbonyl (C=O) groups excluding carboxylic acids is 2. The maximum atomic E-state index is 14.3. The molecule has 9 heteroatoms. The molecule has 8 nitrogen and oxygen atoms in total. The molecule has 4 aromatic carbocycles. The fourth-order valence-electron chi connectivity index (χ4n) is 4.90. The van der Waals surface area contributed by atoms with E-state index >= 15 is 0 Å². The maximum Gasteiger partial charge on any atom is 0.264 e. The van der Waals surface area contributed by atoms with Gasteiger partial charge in [-0.2, -0.15) is 0 Å². The third-order valence-corrected chi connectivity index (χ3v) is 8.99. The van der Waals surface area contributed by atoms with E-state index in [4.69, 9.17) is 4.74 Å². The Morgan fingerprint density at radius 2 is 1.36 bits per heavy atom. The van der Waals surface area contributed by atoms with Crippen molar-refractivity contribution in [1.82, 2.24) is 10.2 Å². The van der Waals surface area contributed by atoms with Gasteiger partial charge in [0.25, 0.3) is 10.0 Å². The second kappa shape index (κ2) is 14.4. The van der Waals surface area contributed by atoms with E-state index in [1.54, 1.807) is 42.5 Å². The van der Waals surface area contributed by atoms with Gasteiger partial charge in [-0.15, -0.1) is 0 Å². The standard InChI is InChI=1S/C36H41N3O5S/c1-6-33(35(41)37-36(3,4)5)38(25-28-16-14-13-15-27(28)2)34(40)26-39(45(42,43)32-19-11-8-12-20-32)29-21-23-31(24-22-29)44-30-17-9-7-10-18-30/h7-24,33H,6,25-26H2,1-5H3,(H,37,41). The van der Waals surface area contributed by atoms with E-state index in [2.05, 4.69) is 5.32 Å². The summed E-state index contributed by atoms with van der Waals surface area (Å²) < 4.78 is 35.2. The highest BCUT2D eigenvalue weighted by Crippen LogP contribution is 2.29. The highest BCUT2D eigenvalue weighted by atomic mass is 32.2. The summed E-state index contributed by atoms with van der Waals surface area (Å²) in [5, 5.41) is 2.99. The number of ether oxygens (including phenoxy) is 1.